The average Bonchev–Trinajstić information content (AvgIpc) is 2.70. The fourth-order valence-corrected chi connectivity index (χ4v) is 3.32. The van der Waals surface area contributed by atoms with Crippen molar-refractivity contribution >= 4 is 15.9 Å². The Morgan fingerprint density at radius 3 is 2.41 bits per heavy atom. The van der Waals surface area contributed by atoms with Crippen molar-refractivity contribution in [1.29, 1.82) is 0 Å². The van der Waals surface area contributed by atoms with Gasteiger partial charge in [0, 0.05) is 32.1 Å². The average molecular weight is 393 g/mol. The van der Waals surface area contributed by atoms with Crippen molar-refractivity contribution < 1.29 is 22.7 Å². The number of aromatic nitrogens is 1. The van der Waals surface area contributed by atoms with E-state index in [-0.39, 0.29) is 17.3 Å². The third-order valence-electron chi connectivity index (χ3n) is 3.99. The number of benzene rings is 1. The van der Waals surface area contributed by atoms with Crippen LogP contribution < -0.4 is 14.2 Å². The number of pyridine rings is 1. The summed E-state index contributed by atoms with van der Waals surface area (Å²) in [5, 5.41) is 0. The lowest BCUT2D eigenvalue weighted by molar-refractivity contribution is -0.128. The minimum Gasteiger partial charge on any atom is -0.493 e. The Hall–Kier alpha value is -2.65. The van der Waals surface area contributed by atoms with Gasteiger partial charge in [-0.1, -0.05) is 0 Å². The van der Waals surface area contributed by atoms with E-state index in [9.17, 15) is 13.2 Å². The van der Waals surface area contributed by atoms with Gasteiger partial charge in [-0.2, -0.15) is 0 Å². The topological polar surface area (TPSA) is 97.8 Å². The lowest BCUT2D eigenvalue weighted by Crippen LogP contribution is -2.38. The molecule has 0 unspecified atom stereocenters. The number of rotatable bonds is 9. The van der Waals surface area contributed by atoms with E-state index >= 15 is 0 Å². The summed E-state index contributed by atoms with van der Waals surface area (Å²) in [5.41, 5.74) is 1.05. The fraction of sp³-hybridized carbons (Fsp3) is 0.333. The second-order valence-electron chi connectivity index (χ2n) is 5.76. The van der Waals surface area contributed by atoms with Gasteiger partial charge in [0.05, 0.1) is 25.7 Å². The molecule has 0 aliphatic rings. The second-order valence-corrected chi connectivity index (χ2v) is 7.53. The van der Waals surface area contributed by atoms with Crippen LogP contribution in [0.2, 0.25) is 0 Å². The van der Waals surface area contributed by atoms with E-state index < -0.39 is 10.0 Å². The molecule has 2 rings (SSSR count). The van der Waals surface area contributed by atoms with Gasteiger partial charge in [0.25, 0.3) is 0 Å². The molecule has 0 atom stereocenters. The summed E-state index contributed by atoms with van der Waals surface area (Å²) < 4.78 is 37.4. The number of carbonyl (C=O) groups is 1. The number of likely N-dealkylation sites (N-methyl/N-ethyl adjacent to an activating group) is 1. The number of carbonyl (C=O) groups excluding carboxylic acids is 1. The summed E-state index contributed by atoms with van der Waals surface area (Å²) in [6.45, 7) is 0.143. The van der Waals surface area contributed by atoms with Crippen LogP contribution >= 0.6 is 0 Å². The number of hydrogen-bond donors (Lipinski definition) is 1. The number of nitrogens with one attached hydrogen (secondary N) is 1. The highest BCUT2D eigenvalue weighted by molar-refractivity contribution is 7.89. The second kappa shape index (κ2) is 9.33. The van der Waals surface area contributed by atoms with Gasteiger partial charge in [-0.15, -0.1) is 0 Å². The van der Waals surface area contributed by atoms with E-state index in [0.717, 1.165) is 5.56 Å². The molecule has 0 bridgehead atoms. The zero-order valence-corrected chi connectivity index (χ0v) is 16.3. The van der Waals surface area contributed by atoms with Crippen LogP contribution in [0.5, 0.6) is 11.5 Å². The predicted molar refractivity (Wildman–Crippen MR) is 100 cm³/mol. The molecule has 1 N–H and O–H groups in total. The third-order valence-corrected chi connectivity index (χ3v) is 5.39. The van der Waals surface area contributed by atoms with Gasteiger partial charge in [0.2, 0.25) is 15.9 Å². The van der Waals surface area contributed by atoms with Gasteiger partial charge in [-0.05, 0) is 36.2 Å². The molecule has 8 nitrogen and oxygen atoms in total. The van der Waals surface area contributed by atoms with Gasteiger partial charge in [0.1, 0.15) is 0 Å². The molecule has 0 saturated carbocycles. The van der Waals surface area contributed by atoms with E-state index in [0.29, 0.717) is 24.5 Å². The minimum absolute atomic E-state index is 0.00705. The lowest BCUT2D eigenvalue weighted by Gasteiger charge is -2.17. The van der Waals surface area contributed by atoms with Gasteiger partial charge in [-0.25, -0.2) is 13.1 Å². The van der Waals surface area contributed by atoms with Crippen molar-refractivity contribution in [3.63, 3.8) is 0 Å². The van der Waals surface area contributed by atoms with Crippen molar-refractivity contribution in [2.45, 2.75) is 11.3 Å². The first-order valence-electron chi connectivity index (χ1n) is 8.22. The molecular formula is C18H23N3O5S. The summed E-state index contributed by atoms with van der Waals surface area (Å²) in [5.74, 6) is 0.387. The number of sulfonamides is 1. The Balaban J connectivity index is 1.94. The van der Waals surface area contributed by atoms with Crippen molar-refractivity contribution in [3.8, 4) is 11.5 Å². The summed E-state index contributed by atoms with van der Waals surface area (Å²) in [7, 11) is 0.661. The Morgan fingerprint density at radius 2 is 1.78 bits per heavy atom. The molecule has 9 heteroatoms. The smallest absolute Gasteiger partial charge is 0.241 e. The Morgan fingerprint density at radius 1 is 1.11 bits per heavy atom. The van der Waals surface area contributed by atoms with Crippen LogP contribution in [0.4, 0.5) is 0 Å². The van der Waals surface area contributed by atoms with Gasteiger partial charge in [-0.3, -0.25) is 9.78 Å². The monoisotopic (exact) mass is 393 g/mol. The molecule has 1 amide bonds. The summed E-state index contributed by atoms with van der Waals surface area (Å²) in [4.78, 5) is 17.6. The maximum Gasteiger partial charge on any atom is 0.241 e. The fourth-order valence-electron chi connectivity index (χ4n) is 2.33. The molecule has 2 aromatic rings. The molecule has 0 aliphatic carbocycles. The van der Waals surface area contributed by atoms with E-state index in [1.54, 1.807) is 19.4 Å². The maximum atomic E-state index is 12.4. The van der Waals surface area contributed by atoms with Crippen LogP contribution in [-0.2, 0) is 21.2 Å². The third kappa shape index (κ3) is 5.66. The number of hydrogen-bond acceptors (Lipinski definition) is 6. The molecule has 0 fully saturated rings. The molecular weight excluding hydrogens is 370 g/mol. The Labute approximate surface area is 159 Å². The van der Waals surface area contributed by atoms with Crippen LogP contribution in [0.15, 0.2) is 47.6 Å². The standard InChI is InChI=1S/C18H23N3O5S/c1-21(11-8-14-6-9-19-10-7-14)18(22)13-20-27(23,24)15-4-5-16(25-2)17(12-15)26-3/h4-7,9-10,12,20H,8,11,13H2,1-3H3. The van der Waals surface area contributed by atoms with Crippen molar-refractivity contribution in [1.82, 2.24) is 14.6 Å². The summed E-state index contributed by atoms with van der Waals surface area (Å²) in [6.07, 6.45) is 4.04. The number of ether oxygens (including phenoxy) is 2. The SMILES string of the molecule is COc1ccc(S(=O)(=O)NCC(=O)N(C)CCc2ccncc2)cc1OC. The van der Waals surface area contributed by atoms with Crippen molar-refractivity contribution in [2.24, 2.45) is 0 Å². The number of amides is 1. The van der Waals surface area contributed by atoms with Crippen LogP contribution in [0.1, 0.15) is 5.56 Å². The van der Waals surface area contributed by atoms with Crippen molar-refractivity contribution in [3.05, 3.63) is 48.3 Å². The molecule has 0 saturated heterocycles. The molecule has 1 aromatic carbocycles. The van der Waals surface area contributed by atoms with E-state index in [4.69, 9.17) is 9.47 Å². The Bertz CT molecular complexity index is 872. The molecule has 0 aliphatic heterocycles. The van der Waals surface area contributed by atoms with Gasteiger partial charge >= 0.3 is 0 Å². The molecule has 1 aromatic heterocycles. The highest BCUT2D eigenvalue weighted by atomic mass is 32.2. The van der Waals surface area contributed by atoms with E-state index in [1.165, 1.54) is 37.3 Å². The normalized spacial score (nSPS) is 11.1. The number of methoxy groups -OCH3 is 2. The summed E-state index contributed by atoms with van der Waals surface area (Å²) in [6, 6.07) is 7.98. The molecule has 1 heterocycles. The first-order chi connectivity index (χ1) is 12.9. The van der Waals surface area contributed by atoms with Crippen LogP contribution in [-0.4, -0.2) is 58.6 Å². The zero-order chi connectivity index (χ0) is 19.9. The molecule has 146 valence electrons. The maximum absolute atomic E-state index is 12.4. The molecule has 0 spiro atoms. The first-order valence-corrected chi connectivity index (χ1v) is 9.70. The van der Waals surface area contributed by atoms with Crippen LogP contribution in [0.25, 0.3) is 0 Å². The highest BCUT2D eigenvalue weighted by Gasteiger charge is 2.19. The molecule has 0 radical (unpaired) electrons. The quantitative estimate of drug-likeness (QED) is 0.685. The summed E-state index contributed by atoms with van der Waals surface area (Å²) >= 11 is 0. The minimum atomic E-state index is -3.85. The van der Waals surface area contributed by atoms with E-state index in [2.05, 4.69) is 9.71 Å². The lowest BCUT2D eigenvalue weighted by atomic mass is 10.2. The van der Waals surface area contributed by atoms with E-state index in [1.807, 2.05) is 12.1 Å². The molecule has 27 heavy (non-hydrogen) atoms. The zero-order valence-electron chi connectivity index (χ0n) is 15.5. The predicted octanol–water partition coefficient (Wildman–Crippen LogP) is 1.08. The van der Waals surface area contributed by atoms with Crippen molar-refractivity contribution in [2.75, 3.05) is 34.4 Å². The first kappa shape index (κ1) is 20.7. The number of nitrogens with zero attached hydrogens (tertiary/aromatic N) is 2. The highest BCUT2D eigenvalue weighted by Crippen LogP contribution is 2.29. The van der Waals surface area contributed by atoms with Gasteiger partial charge < -0.3 is 14.4 Å². The largest absolute Gasteiger partial charge is 0.493 e. The van der Waals surface area contributed by atoms with Crippen LogP contribution in [0, 0.1) is 0 Å². The Kier molecular flexibility index (Phi) is 7.14. The van der Waals surface area contributed by atoms with Crippen LogP contribution in [0.3, 0.4) is 0 Å². The van der Waals surface area contributed by atoms with Gasteiger partial charge in [0.15, 0.2) is 11.5 Å².